The molecule has 0 heterocycles. The summed E-state index contributed by atoms with van der Waals surface area (Å²) in [6.45, 7) is 9.57. The monoisotopic (exact) mass is 556 g/mol. The molecule has 2 N–H and O–H groups in total. The number of carbonyl (C=O) groups is 1. The van der Waals surface area contributed by atoms with Gasteiger partial charge in [-0.05, 0) is 154 Å². The van der Waals surface area contributed by atoms with E-state index in [0.29, 0.717) is 47.3 Å². The predicted molar refractivity (Wildman–Crippen MR) is 159 cm³/mol. The molecule has 0 saturated heterocycles. The number of ether oxygens (including phenoxy) is 1. The average molecular weight is 557 g/mol. The van der Waals surface area contributed by atoms with Gasteiger partial charge in [-0.1, -0.05) is 40.5 Å². The molecule has 2 bridgehead atoms. The highest BCUT2D eigenvalue weighted by atomic mass is 16.6. The predicted octanol–water partition coefficient (Wildman–Crippen LogP) is 8.08. The van der Waals surface area contributed by atoms with Crippen LogP contribution in [-0.2, 0) is 9.53 Å². The topological polar surface area (TPSA) is 66.8 Å². The van der Waals surface area contributed by atoms with E-state index < -0.39 is 0 Å². The van der Waals surface area contributed by atoms with Crippen LogP contribution in [0.1, 0.15) is 143 Å². The van der Waals surface area contributed by atoms with E-state index in [1.807, 2.05) is 0 Å². The Morgan fingerprint density at radius 1 is 0.900 bits per heavy atom. The van der Waals surface area contributed by atoms with Crippen molar-refractivity contribution in [1.82, 2.24) is 0 Å². The van der Waals surface area contributed by atoms with Crippen molar-refractivity contribution in [3.05, 3.63) is 0 Å². The van der Waals surface area contributed by atoms with Crippen LogP contribution in [0.4, 0.5) is 0 Å². The lowest BCUT2D eigenvalue weighted by molar-refractivity contribution is -0.177. The number of carbonyl (C=O) groups excluding carboxylic acids is 1. The molecule has 0 radical (unpaired) electrons. The minimum Gasteiger partial charge on any atom is -0.459 e. The molecule has 6 fully saturated rings. The quantitative estimate of drug-likeness (QED) is 0.311. The van der Waals surface area contributed by atoms with Gasteiger partial charge in [0.25, 0.3) is 0 Å². The maximum atomic E-state index is 13.1. The van der Waals surface area contributed by atoms with Crippen molar-refractivity contribution in [3.8, 4) is 0 Å². The summed E-state index contributed by atoms with van der Waals surface area (Å²) in [7, 11) is 0. The Morgan fingerprint density at radius 3 is 2.52 bits per heavy atom. The first kappa shape index (κ1) is 29.5. The maximum absolute atomic E-state index is 13.1. The Labute approximate surface area is 244 Å². The summed E-state index contributed by atoms with van der Waals surface area (Å²) in [5.74, 6) is 5.16. The van der Waals surface area contributed by atoms with Gasteiger partial charge in [0.1, 0.15) is 5.60 Å². The number of rotatable bonds is 7. The summed E-state index contributed by atoms with van der Waals surface area (Å²) in [4.78, 5) is 13.1. The molecule has 6 rings (SSSR count). The zero-order chi connectivity index (χ0) is 28.3. The van der Waals surface area contributed by atoms with Crippen LogP contribution in [0.15, 0.2) is 0 Å². The van der Waals surface area contributed by atoms with Gasteiger partial charge >= 0.3 is 5.97 Å². The molecular weight excluding hydrogens is 496 g/mol. The highest BCUT2D eigenvalue weighted by molar-refractivity contribution is 5.70. The van der Waals surface area contributed by atoms with Crippen LogP contribution < -0.4 is 0 Å². The van der Waals surface area contributed by atoms with Crippen molar-refractivity contribution in [2.24, 2.45) is 58.2 Å². The van der Waals surface area contributed by atoms with Crippen LogP contribution in [0.5, 0.6) is 0 Å². The fraction of sp³-hybridized carbons (Fsp3) is 0.972. The number of fused-ring (bicyclic) bond motifs is 7. The molecule has 40 heavy (non-hydrogen) atoms. The lowest BCUT2D eigenvalue weighted by atomic mass is 9.43. The van der Waals surface area contributed by atoms with Gasteiger partial charge in [0, 0.05) is 6.42 Å². The summed E-state index contributed by atoms with van der Waals surface area (Å²) in [6, 6.07) is 0. The number of hydrogen-bond donors (Lipinski definition) is 2. The van der Waals surface area contributed by atoms with Crippen LogP contribution in [0.3, 0.4) is 0 Å². The lowest BCUT2D eigenvalue weighted by Gasteiger charge is -2.62. The van der Waals surface area contributed by atoms with Crippen molar-refractivity contribution >= 4 is 5.97 Å². The second-order valence-electron chi connectivity index (χ2n) is 16.4. The molecule has 0 unspecified atom stereocenters. The van der Waals surface area contributed by atoms with E-state index in [9.17, 15) is 15.0 Å². The third kappa shape index (κ3) is 4.82. The third-order valence-corrected chi connectivity index (χ3v) is 15.0. The second-order valence-corrected chi connectivity index (χ2v) is 16.4. The molecule has 6 aliphatic carbocycles. The molecule has 4 heteroatoms. The number of aliphatic hydroxyl groups is 2. The van der Waals surface area contributed by atoms with Gasteiger partial charge in [0.2, 0.25) is 0 Å². The Kier molecular flexibility index (Phi) is 8.21. The number of hydrogen-bond acceptors (Lipinski definition) is 4. The first-order chi connectivity index (χ1) is 19.1. The van der Waals surface area contributed by atoms with Gasteiger partial charge in [-0.15, -0.1) is 0 Å². The van der Waals surface area contributed by atoms with E-state index in [1.165, 1.54) is 57.8 Å². The summed E-state index contributed by atoms with van der Waals surface area (Å²) in [6.07, 6.45) is 19.7. The Hall–Kier alpha value is -0.610. The molecule has 4 nitrogen and oxygen atoms in total. The minimum absolute atomic E-state index is 0.00432. The molecule has 228 valence electrons. The SMILES string of the molecule is CC[C@]1(OC(=O)CCC[C@@H](C)[C@H]2CC[C@H]3[C@@H]4CC[C@@H]5C[C@H](O)CC[C@]5(C)[C@H]4C[C@H](O)[C@]23C)CC[C@H]2CCC[C@@H]1C2. The molecule has 13 atom stereocenters. The first-order valence-corrected chi connectivity index (χ1v) is 17.7. The van der Waals surface area contributed by atoms with E-state index in [2.05, 4.69) is 27.7 Å². The van der Waals surface area contributed by atoms with Gasteiger partial charge < -0.3 is 14.9 Å². The van der Waals surface area contributed by atoms with Gasteiger partial charge in [0.05, 0.1) is 12.2 Å². The van der Waals surface area contributed by atoms with E-state index >= 15 is 0 Å². The normalized spacial score (nSPS) is 50.8. The number of aliphatic hydroxyl groups excluding tert-OH is 2. The standard InChI is InChI=1S/C36H60O4/c1-5-36(19-16-24-9-7-10-26(36)20-24)40-33(39)11-6-8-23(2)29-14-15-30-28-13-12-25-21-27(37)17-18-34(25,3)31(28)22-32(38)35(29,30)4/h23-32,37-38H,5-22H2,1-4H3/t23-,24-,25-,26-,27-,28+,29-,30+,31+,32+,34+,35-,36+/m1/s1. The molecule has 0 amide bonds. The second kappa shape index (κ2) is 11.1. The van der Waals surface area contributed by atoms with Gasteiger partial charge in [-0.3, -0.25) is 4.79 Å². The summed E-state index contributed by atoms with van der Waals surface area (Å²) >= 11 is 0. The summed E-state index contributed by atoms with van der Waals surface area (Å²) in [5.41, 5.74) is 0.103. The van der Waals surface area contributed by atoms with Crippen LogP contribution in [0.2, 0.25) is 0 Å². The van der Waals surface area contributed by atoms with Crippen LogP contribution >= 0.6 is 0 Å². The Morgan fingerprint density at radius 2 is 1.73 bits per heavy atom. The van der Waals surface area contributed by atoms with Crippen LogP contribution in [0, 0.1) is 58.2 Å². The molecule has 0 aliphatic heterocycles. The van der Waals surface area contributed by atoms with E-state index in [-0.39, 0.29) is 29.2 Å². The molecule has 6 saturated carbocycles. The largest absolute Gasteiger partial charge is 0.459 e. The Bertz CT molecular complexity index is 918. The highest BCUT2D eigenvalue weighted by Crippen LogP contribution is 2.68. The number of esters is 1. The van der Waals surface area contributed by atoms with Crippen molar-refractivity contribution in [3.63, 3.8) is 0 Å². The fourth-order valence-electron chi connectivity index (χ4n) is 12.6. The smallest absolute Gasteiger partial charge is 0.306 e. The minimum atomic E-state index is -0.226. The average Bonchev–Trinajstić information content (AvgIpc) is 3.30. The van der Waals surface area contributed by atoms with Crippen LogP contribution in [-0.4, -0.2) is 34.0 Å². The van der Waals surface area contributed by atoms with Gasteiger partial charge in [0.15, 0.2) is 0 Å². The zero-order valence-electron chi connectivity index (χ0n) is 26.2. The van der Waals surface area contributed by atoms with Gasteiger partial charge in [-0.25, -0.2) is 0 Å². The summed E-state index contributed by atoms with van der Waals surface area (Å²) < 4.78 is 6.37. The fourth-order valence-corrected chi connectivity index (χ4v) is 12.6. The van der Waals surface area contributed by atoms with Crippen molar-refractivity contribution < 1.29 is 19.7 Å². The molecule has 0 aromatic rings. The van der Waals surface area contributed by atoms with Crippen molar-refractivity contribution in [2.75, 3.05) is 0 Å². The lowest BCUT2D eigenvalue weighted by Crippen LogP contribution is -2.58. The van der Waals surface area contributed by atoms with Crippen molar-refractivity contribution in [1.29, 1.82) is 0 Å². The van der Waals surface area contributed by atoms with Crippen molar-refractivity contribution in [2.45, 2.75) is 161 Å². The molecule has 0 spiro atoms. The zero-order valence-corrected chi connectivity index (χ0v) is 26.2. The maximum Gasteiger partial charge on any atom is 0.306 e. The van der Waals surface area contributed by atoms with E-state index in [4.69, 9.17) is 4.74 Å². The van der Waals surface area contributed by atoms with E-state index in [0.717, 1.165) is 63.2 Å². The highest BCUT2D eigenvalue weighted by Gasteiger charge is 2.63. The van der Waals surface area contributed by atoms with Gasteiger partial charge in [-0.2, -0.15) is 0 Å². The Balaban J connectivity index is 1.05. The molecular formula is C36H60O4. The summed E-state index contributed by atoms with van der Waals surface area (Å²) in [5, 5.41) is 22.2. The molecule has 0 aromatic heterocycles. The first-order valence-electron chi connectivity index (χ1n) is 17.7. The molecule has 6 aliphatic rings. The third-order valence-electron chi connectivity index (χ3n) is 15.0. The van der Waals surface area contributed by atoms with Crippen LogP contribution in [0.25, 0.3) is 0 Å². The van der Waals surface area contributed by atoms with E-state index in [1.54, 1.807) is 0 Å². The molecule has 0 aromatic carbocycles.